The Labute approximate surface area is 192 Å². The summed E-state index contributed by atoms with van der Waals surface area (Å²) in [7, 11) is 0.175. The van der Waals surface area contributed by atoms with Crippen LogP contribution in [-0.2, 0) is 23.2 Å². The van der Waals surface area contributed by atoms with Crippen LogP contribution < -0.4 is 5.32 Å². The van der Waals surface area contributed by atoms with Crippen LogP contribution in [0.2, 0.25) is 25.7 Å². The molecule has 0 unspecified atom stereocenters. The highest BCUT2D eigenvalue weighted by atomic mass is 28.3. The zero-order chi connectivity index (χ0) is 24.6. The van der Waals surface area contributed by atoms with Gasteiger partial charge in [0, 0.05) is 51.4 Å². The number of pyridine rings is 1. The van der Waals surface area contributed by atoms with Gasteiger partial charge in [-0.2, -0.15) is 23.5 Å². The lowest BCUT2D eigenvalue weighted by Crippen LogP contribution is -2.24. The quantitative estimate of drug-likeness (QED) is 0.340. The number of rotatable bonds is 8. The minimum Gasteiger partial charge on any atom is -0.387 e. The molecular formula is C22H29F3N6OSi. The first-order valence-electron chi connectivity index (χ1n) is 10.6. The molecule has 1 N–H and O–H groups in total. The Balaban J connectivity index is 2.14. The molecule has 0 aliphatic rings. The van der Waals surface area contributed by atoms with Gasteiger partial charge in [0.15, 0.2) is 0 Å². The molecular weight excluding hydrogens is 449 g/mol. The number of anilines is 1. The van der Waals surface area contributed by atoms with Gasteiger partial charge in [0.2, 0.25) is 0 Å². The molecule has 7 nitrogen and oxygen atoms in total. The Hall–Kier alpha value is -2.84. The van der Waals surface area contributed by atoms with Gasteiger partial charge in [0.1, 0.15) is 17.9 Å². The molecule has 3 rings (SSSR count). The van der Waals surface area contributed by atoms with Crippen LogP contribution in [0.25, 0.3) is 22.2 Å². The van der Waals surface area contributed by atoms with Gasteiger partial charge in [-0.1, -0.05) is 19.6 Å². The molecule has 178 valence electrons. The number of fused-ring (bicyclic) bond motifs is 1. The van der Waals surface area contributed by atoms with E-state index in [2.05, 4.69) is 41.1 Å². The highest BCUT2D eigenvalue weighted by Gasteiger charge is 2.36. The molecule has 0 saturated heterocycles. The van der Waals surface area contributed by atoms with Crippen LogP contribution in [0.1, 0.15) is 19.4 Å². The predicted octanol–water partition coefficient (Wildman–Crippen LogP) is 5.53. The van der Waals surface area contributed by atoms with Gasteiger partial charge in [-0.15, -0.1) is 0 Å². The number of hydrogen-bond donors (Lipinski definition) is 1. The molecule has 0 saturated carbocycles. The molecule has 0 amide bonds. The molecule has 0 atom stereocenters. The Bertz CT molecular complexity index is 1180. The number of alkyl halides is 3. The van der Waals surface area contributed by atoms with Gasteiger partial charge in [-0.25, -0.2) is 4.98 Å². The Morgan fingerprint density at radius 1 is 1.18 bits per heavy atom. The first-order chi connectivity index (χ1) is 15.3. The van der Waals surface area contributed by atoms with Gasteiger partial charge >= 0.3 is 6.18 Å². The molecule has 33 heavy (non-hydrogen) atoms. The number of hydrogen-bond acceptors (Lipinski definition) is 5. The summed E-state index contributed by atoms with van der Waals surface area (Å²) in [5.74, 6) is 0. The van der Waals surface area contributed by atoms with Gasteiger partial charge in [-0.05, 0) is 19.9 Å². The fourth-order valence-electron chi connectivity index (χ4n) is 3.41. The summed E-state index contributed by atoms with van der Waals surface area (Å²) in [6.45, 7) is 10.9. The summed E-state index contributed by atoms with van der Waals surface area (Å²) < 4.78 is 50.2. The topological polar surface area (TPSA) is 80.7 Å². The Morgan fingerprint density at radius 2 is 1.88 bits per heavy atom. The molecule has 0 aliphatic heterocycles. The van der Waals surface area contributed by atoms with Crippen LogP contribution in [0.4, 0.5) is 18.9 Å². The molecule has 0 aliphatic carbocycles. The zero-order valence-corrected chi connectivity index (χ0v) is 20.7. The minimum atomic E-state index is -4.57. The molecule has 3 heterocycles. The van der Waals surface area contributed by atoms with Gasteiger partial charge < -0.3 is 14.6 Å². The van der Waals surface area contributed by atoms with E-state index in [1.54, 1.807) is 37.0 Å². The second-order valence-corrected chi connectivity index (χ2v) is 15.3. The van der Waals surface area contributed by atoms with Crippen molar-refractivity contribution in [2.45, 2.75) is 58.0 Å². The van der Waals surface area contributed by atoms with E-state index in [4.69, 9.17) is 4.74 Å². The number of nitriles is 1. The number of halogens is 3. The van der Waals surface area contributed by atoms with Crippen molar-refractivity contribution < 1.29 is 17.9 Å². The van der Waals surface area contributed by atoms with E-state index < -0.39 is 25.4 Å². The zero-order valence-electron chi connectivity index (χ0n) is 19.7. The predicted molar refractivity (Wildman–Crippen MR) is 125 cm³/mol. The number of aromatic nitrogens is 4. The Kier molecular flexibility index (Phi) is 6.64. The van der Waals surface area contributed by atoms with Crippen molar-refractivity contribution in [2.75, 3.05) is 19.0 Å². The van der Waals surface area contributed by atoms with Crippen molar-refractivity contribution in [3.63, 3.8) is 0 Å². The third kappa shape index (κ3) is 5.22. The highest BCUT2D eigenvalue weighted by Crippen LogP contribution is 2.42. The normalized spacial score (nSPS) is 12.8. The molecule has 3 aromatic heterocycles. The molecule has 0 fully saturated rings. The Morgan fingerprint density at radius 3 is 2.45 bits per heavy atom. The SMILES string of the molecule is CNc1c(C(F)(F)F)cnc2c1c(-c1cnn(C(C)(C)C#N)c1)cn2COCC[Si](C)(C)C. The highest BCUT2D eigenvalue weighted by molar-refractivity contribution is 6.76. The van der Waals surface area contributed by atoms with Crippen LogP contribution in [-0.4, -0.2) is 41.1 Å². The number of nitrogens with one attached hydrogen (secondary N) is 1. The van der Waals surface area contributed by atoms with Crippen molar-refractivity contribution in [1.82, 2.24) is 19.3 Å². The average molecular weight is 479 g/mol. The van der Waals surface area contributed by atoms with E-state index in [0.717, 1.165) is 12.2 Å². The minimum absolute atomic E-state index is 0.0596. The monoisotopic (exact) mass is 478 g/mol. The molecule has 3 aromatic rings. The second-order valence-electron chi connectivity index (χ2n) is 9.70. The van der Waals surface area contributed by atoms with Crippen LogP contribution in [0, 0.1) is 11.3 Å². The smallest absolute Gasteiger partial charge is 0.387 e. The standard InChI is InChI=1S/C22H29F3N6OSi/c1-21(2,13-26)31-11-15(9-29-31)16-12-30(14-32-7-8-33(4,5)6)20-18(16)19(27-3)17(10-28-20)22(23,24)25/h9-12H,7-8,14H2,1-6H3,(H,27,28). The lowest BCUT2D eigenvalue weighted by molar-refractivity contribution is -0.137. The summed E-state index contributed by atoms with van der Waals surface area (Å²) in [5, 5.41) is 16.7. The number of ether oxygens (including phenoxy) is 1. The van der Waals surface area contributed by atoms with Gasteiger partial charge in [-0.3, -0.25) is 4.68 Å². The largest absolute Gasteiger partial charge is 0.419 e. The summed E-state index contributed by atoms with van der Waals surface area (Å²) in [4.78, 5) is 4.15. The van der Waals surface area contributed by atoms with Crippen molar-refractivity contribution in [3.8, 4) is 17.2 Å². The summed E-state index contributed by atoms with van der Waals surface area (Å²) in [6, 6.07) is 3.14. The van der Waals surface area contributed by atoms with Crippen molar-refractivity contribution in [2.24, 2.45) is 0 Å². The van der Waals surface area contributed by atoms with Crippen LogP contribution in [0.15, 0.2) is 24.8 Å². The van der Waals surface area contributed by atoms with Crippen LogP contribution in [0.3, 0.4) is 0 Å². The van der Waals surface area contributed by atoms with E-state index >= 15 is 0 Å². The van der Waals surface area contributed by atoms with E-state index in [0.29, 0.717) is 28.8 Å². The fourth-order valence-corrected chi connectivity index (χ4v) is 4.16. The molecule has 0 spiro atoms. The molecule has 11 heteroatoms. The first kappa shape index (κ1) is 24.8. The summed E-state index contributed by atoms with van der Waals surface area (Å²) >= 11 is 0. The summed E-state index contributed by atoms with van der Waals surface area (Å²) in [5.41, 5.74) is -0.319. The lowest BCUT2D eigenvalue weighted by Gasteiger charge is -2.16. The van der Waals surface area contributed by atoms with E-state index in [9.17, 15) is 18.4 Å². The maximum absolute atomic E-state index is 13.7. The van der Waals surface area contributed by atoms with Crippen LogP contribution in [0.5, 0.6) is 0 Å². The lowest BCUT2D eigenvalue weighted by atomic mass is 10.1. The van der Waals surface area contributed by atoms with Gasteiger partial charge in [0.05, 0.1) is 28.9 Å². The maximum atomic E-state index is 13.7. The maximum Gasteiger partial charge on any atom is 0.419 e. The second kappa shape index (κ2) is 8.83. The van der Waals surface area contributed by atoms with E-state index in [1.165, 1.54) is 11.7 Å². The first-order valence-corrected chi connectivity index (χ1v) is 14.3. The van der Waals surface area contributed by atoms with Crippen LogP contribution >= 0.6 is 0 Å². The third-order valence-corrected chi connectivity index (χ3v) is 7.11. The van der Waals surface area contributed by atoms with E-state index in [-0.39, 0.29) is 12.4 Å². The third-order valence-electron chi connectivity index (χ3n) is 5.41. The van der Waals surface area contributed by atoms with E-state index in [1.807, 2.05) is 0 Å². The fraction of sp³-hybridized carbons (Fsp3) is 0.500. The molecule has 0 radical (unpaired) electrons. The average Bonchev–Trinajstić information content (AvgIpc) is 3.34. The number of nitrogens with zero attached hydrogens (tertiary/aromatic N) is 5. The van der Waals surface area contributed by atoms with Crippen molar-refractivity contribution in [1.29, 1.82) is 5.26 Å². The van der Waals surface area contributed by atoms with Gasteiger partial charge in [0.25, 0.3) is 0 Å². The van der Waals surface area contributed by atoms with Crippen molar-refractivity contribution in [3.05, 3.63) is 30.4 Å². The van der Waals surface area contributed by atoms with Crippen molar-refractivity contribution >= 4 is 24.8 Å². The molecule has 0 aromatic carbocycles. The molecule has 0 bridgehead atoms. The summed E-state index contributed by atoms with van der Waals surface area (Å²) in [6.07, 6.45) is 1.21.